The molecule has 0 N–H and O–H groups in total. The van der Waals surface area contributed by atoms with E-state index >= 15 is 0 Å². The van der Waals surface area contributed by atoms with Crippen LogP contribution in [0.5, 0.6) is 0 Å². The van der Waals surface area contributed by atoms with Gasteiger partial charge in [0.25, 0.3) is 0 Å². The number of carbonyl (C=O) groups excluding carboxylic acids is 3. The second kappa shape index (κ2) is 8.70. The van der Waals surface area contributed by atoms with Crippen molar-refractivity contribution in [2.75, 3.05) is 20.2 Å². The highest BCUT2D eigenvalue weighted by Gasteiger charge is 2.62. The maximum atomic E-state index is 12.4. The summed E-state index contributed by atoms with van der Waals surface area (Å²) in [5, 5.41) is 4.04. The van der Waals surface area contributed by atoms with Gasteiger partial charge >= 0.3 is 0 Å². The van der Waals surface area contributed by atoms with Crippen molar-refractivity contribution in [3.8, 4) is 0 Å². The SMILES string of the molecule is CON=C1CN(Cc2ccccc2)C(=O)C12CC2.O=C1CN(Cc2ccccc2)C(=O)C12CC2. The standard InChI is InChI=1S/C14H16N2O2.C13H13NO2/c1-18-15-12-10-16(13(17)14(12)7-8-14)9-11-5-3-2-4-6-11;15-11-9-14(12(16)13(11)6-7-13)8-10-4-2-1-3-5-10/h2-6H,7-10H2,1H3;1-5H,6-9H2. The van der Waals surface area contributed by atoms with Crippen LogP contribution in [-0.4, -0.2) is 53.3 Å². The molecule has 0 aromatic heterocycles. The third-order valence-corrected chi connectivity index (χ3v) is 7.29. The maximum Gasteiger partial charge on any atom is 0.237 e. The van der Waals surface area contributed by atoms with Crippen LogP contribution in [0.3, 0.4) is 0 Å². The van der Waals surface area contributed by atoms with Gasteiger partial charge in [-0.05, 0) is 36.8 Å². The Hall–Kier alpha value is -3.48. The minimum Gasteiger partial charge on any atom is -0.399 e. The molecular weight excluding hydrogens is 430 g/mol. The van der Waals surface area contributed by atoms with Crippen molar-refractivity contribution in [1.82, 2.24) is 9.80 Å². The predicted octanol–water partition coefficient (Wildman–Crippen LogP) is 3.19. The number of hydrogen-bond donors (Lipinski definition) is 0. The molecule has 0 radical (unpaired) electrons. The zero-order chi connectivity index (χ0) is 23.8. The Morgan fingerprint density at radius 1 is 0.735 bits per heavy atom. The first kappa shape index (κ1) is 22.3. The van der Waals surface area contributed by atoms with Crippen molar-refractivity contribution in [3.63, 3.8) is 0 Å². The molecule has 6 rings (SSSR count). The summed E-state index contributed by atoms with van der Waals surface area (Å²) in [5.41, 5.74) is 2.23. The fourth-order valence-corrected chi connectivity index (χ4v) is 4.98. The molecule has 2 heterocycles. The topological polar surface area (TPSA) is 79.3 Å². The van der Waals surface area contributed by atoms with Crippen LogP contribution in [0.1, 0.15) is 36.8 Å². The number of amides is 2. The largest absolute Gasteiger partial charge is 0.399 e. The molecule has 2 aromatic carbocycles. The third-order valence-electron chi connectivity index (χ3n) is 7.29. The summed E-state index contributed by atoms with van der Waals surface area (Å²) in [7, 11) is 1.54. The van der Waals surface area contributed by atoms with Crippen LogP contribution < -0.4 is 0 Å². The summed E-state index contributed by atoms with van der Waals surface area (Å²) in [4.78, 5) is 44.5. The van der Waals surface area contributed by atoms with Crippen LogP contribution in [0.4, 0.5) is 0 Å². The molecule has 4 fully saturated rings. The van der Waals surface area contributed by atoms with Gasteiger partial charge in [0.05, 0.1) is 24.2 Å². The molecule has 2 aliphatic carbocycles. The first-order valence-electron chi connectivity index (χ1n) is 11.8. The zero-order valence-corrected chi connectivity index (χ0v) is 19.4. The Kier molecular flexibility index (Phi) is 5.71. The molecule has 0 atom stereocenters. The van der Waals surface area contributed by atoms with Gasteiger partial charge in [0, 0.05) is 13.1 Å². The van der Waals surface area contributed by atoms with E-state index in [2.05, 4.69) is 5.16 Å². The minimum absolute atomic E-state index is 0.0429. The molecule has 0 unspecified atom stereocenters. The van der Waals surface area contributed by atoms with Crippen molar-refractivity contribution < 1.29 is 19.2 Å². The number of rotatable bonds is 5. The van der Waals surface area contributed by atoms with Gasteiger partial charge in [-0.2, -0.15) is 0 Å². The summed E-state index contributed by atoms with van der Waals surface area (Å²) in [6, 6.07) is 19.9. The second-order valence-electron chi connectivity index (χ2n) is 9.60. The lowest BCUT2D eigenvalue weighted by Gasteiger charge is -2.15. The average molecular weight is 460 g/mol. The Bertz CT molecular complexity index is 1120. The van der Waals surface area contributed by atoms with Crippen molar-refractivity contribution in [3.05, 3.63) is 71.8 Å². The molecule has 4 aliphatic rings. The third kappa shape index (κ3) is 4.00. The molecule has 34 heavy (non-hydrogen) atoms. The van der Waals surface area contributed by atoms with Crippen molar-refractivity contribution in [2.45, 2.75) is 38.8 Å². The molecule has 2 spiro atoms. The lowest BCUT2D eigenvalue weighted by Crippen LogP contribution is -2.27. The number of Topliss-reactive ketones (excluding diaryl/α,β-unsaturated/α-hetero) is 1. The van der Waals surface area contributed by atoms with Gasteiger partial charge in [-0.15, -0.1) is 0 Å². The van der Waals surface area contributed by atoms with Gasteiger partial charge in [-0.25, -0.2) is 0 Å². The van der Waals surface area contributed by atoms with Gasteiger partial charge in [-0.3, -0.25) is 14.4 Å². The number of likely N-dealkylation sites (tertiary alicyclic amines) is 2. The van der Waals surface area contributed by atoms with E-state index in [1.807, 2.05) is 65.6 Å². The number of hydrogen-bond acceptors (Lipinski definition) is 5. The number of ketones is 1. The van der Waals surface area contributed by atoms with E-state index in [0.29, 0.717) is 26.2 Å². The first-order valence-corrected chi connectivity index (χ1v) is 11.8. The van der Waals surface area contributed by atoms with Crippen molar-refractivity contribution >= 4 is 23.3 Å². The highest BCUT2D eigenvalue weighted by molar-refractivity contribution is 6.17. The quantitative estimate of drug-likeness (QED) is 0.508. The smallest absolute Gasteiger partial charge is 0.237 e. The normalized spacial score (nSPS) is 22.4. The van der Waals surface area contributed by atoms with E-state index in [4.69, 9.17) is 4.84 Å². The first-order chi connectivity index (χ1) is 16.5. The van der Waals surface area contributed by atoms with Crippen LogP contribution in [-0.2, 0) is 32.3 Å². The lowest BCUT2D eigenvalue weighted by atomic mass is 10.0. The Balaban J connectivity index is 0.000000142. The molecule has 2 aromatic rings. The minimum atomic E-state index is -0.589. The molecule has 2 amide bonds. The Morgan fingerprint density at radius 3 is 1.65 bits per heavy atom. The summed E-state index contributed by atoms with van der Waals surface area (Å²) >= 11 is 0. The van der Waals surface area contributed by atoms with E-state index in [0.717, 1.165) is 42.5 Å². The number of oxime groups is 1. The van der Waals surface area contributed by atoms with Gasteiger partial charge < -0.3 is 14.6 Å². The molecule has 2 saturated carbocycles. The van der Waals surface area contributed by atoms with E-state index in [9.17, 15) is 14.4 Å². The number of nitrogens with zero attached hydrogens (tertiary/aromatic N) is 3. The van der Waals surface area contributed by atoms with E-state index in [-0.39, 0.29) is 23.0 Å². The second-order valence-corrected chi connectivity index (χ2v) is 9.60. The van der Waals surface area contributed by atoms with E-state index < -0.39 is 5.41 Å². The molecule has 0 bridgehead atoms. The van der Waals surface area contributed by atoms with Crippen LogP contribution in [0.25, 0.3) is 0 Å². The van der Waals surface area contributed by atoms with Crippen LogP contribution in [0, 0.1) is 10.8 Å². The maximum absolute atomic E-state index is 12.4. The molecule has 2 saturated heterocycles. The highest BCUT2D eigenvalue weighted by atomic mass is 16.6. The van der Waals surface area contributed by atoms with Gasteiger partial charge in [0.15, 0.2) is 5.78 Å². The van der Waals surface area contributed by atoms with Crippen LogP contribution in [0.15, 0.2) is 65.8 Å². The summed E-state index contributed by atoms with van der Waals surface area (Å²) in [5.74, 6) is 0.372. The van der Waals surface area contributed by atoms with Gasteiger partial charge in [0.1, 0.15) is 12.5 Å². The van der Waals surface area contributed by atoms with Gasteiger partial charge in [-0.1, -0.05) is 65.8 Å². The number of carbonyl (C=O) groups is 3. The monoisotopic (exact) mass is 459 g/mol. The molecule has 176 valence electrons. The van der Waals surface area contributed by atoms with Crippen LogP contribution in [0.2, 0.25) is 0 Å². The summed E-state index contributed by atoms with van der Waals surface area (Å²) < 4.78 is 0. The fraction of sp³-hybridized carbons (Fsp3) is 0.407. The zero-order valence-electron chi connectivity index (χ0n) is 19.4. The molecule has 7 heteroatoms. The molecular formula is C27H29N3O4. The van der Waals surface area contributed by atoms with Crippen LogP contribution >= 0.6 is 0 Å². The average Bonchev–Trinajstić information content (AvgIpc) is 3.77. The molecule has 2 aliphatic heterocycles. The Morgan fingerprint density at radius 2 is 1.21 bits per heavy atom. The lowest BCUT2D eigenvalue weighted by molar-refractivity contribution is -0.134. The predicted molar refractivity (Wildman–Crippen MR) is 127 cm³/mol. The number of benzene rings is 2. The van der Waals surface area contributed by atoms with Crippen molar-refractivity contribution in [1.29, 1.82) is 0 Å². The summed E-state index contributed by atoms with van der Waals surface area (Å²) in [6.07, 6.45) is 3.35. The Labute approximate surface area is 199 Å². The van der Waals surface area contributed by atoms with Gasteiger partial charge in [0.2, 0.25) is 11.8 Å². The highest BCUT2D eigenvalue weighted by Crippen LogP contribution is 2.52. The fourth-order valence-electron chi connectivity index (χ4n) is 4.98. The van der Waals surface area contributed by atoms with Crippen molar-refractivity contribution in [2.24, 2.45) is 16.0 Å². The van der Waals surface area contributed by atoms with E-state index in [1.54, 1.807) is 4.90 Å². The summed E-state index contributed by atoms with van der Waals surface area (Å²) in [6.45, 7) is 2.12. The molecule has 7 nitrogen and oxygen atoms in total. The van der Waals surface area contributed by atoms with E-state index in [1.165, 1.54) is 7.11 Å².